The summed E-state index contributed by atoms with van der Waals surface area (Å²) in [6.07, 6.45) is 2.40. The van der Waals surface area contributed by atoms with Crippen LogP contribution in [0, 0.1) is 5.21 Å². The van der Waals surface area contributed by atoms with E-state index in [0.717, 1.165) is 22.3 Å². The summed E-state index contributed by atoms with van der Waals surface area (Å²) in [5.74, 6) is -0.601. The lowest BCUT2D eigenvalue weighted by atomic mass is 10.1. The Morgan fingerprint density at radius 3 is 1.42 bits per heavy atom. The first-order valence-corrected chi connectivity index (χ1v) is 18.6. The lowest BCUT2D eigenvalue weighted by molar-refractivity contribution is -0.873. The molecule has 3 saturated heterocycles. The third-order valence-corrected chi connectivity index (χ3v) is 10.6. The molecule has 3 heterocycles. The number of aryl methyl sites for hydroxylation is 2. The van der Waals surface area contributed by atoms with E-state index in [1.165, 1.54) is 4.90 Å². The molecule has 4 N–H and O–H groups in total. The zero-order valence-electron chi connectivity index (χ0n) is 30.3. The summed E-state index contributed by atoms with van der Waals surface area (Å²) in [5, 5.41) is 13.7. The van der Waals surface area contributed by atoms with E-state index in [-0.39, 0.29) is 68.7 Å². The number of quaternary nitrogens is 1. The molecule has 0 aromatic heterocycles. The predicted octanol–water partition coefficient (Wildman–Crippen LogP) is 0.448. The van der Waals surface area contributed by atoms with Crippen LogP contribution in [0.4, 0.5) is 0 Å². The molecule has 3 aliphatic rings. The normalized spacial score (nSPS) is 20.1. The van der Waals surface area contributed by atoms with Crippen molar-refractivity contribution in [2.75, 3.05) is 85.1 Å². The molecule has 5 rings (SSSR count). The van der Waals surface area contributed by atoms with Gasteiger partial charge in [0.1, 0.15) is 0 Å². The smallest absolute Gasteiger partial charge is 0.278 e. The van der Waals surface area contributed by atoms with E-state index in [1.807, 2.05) is 48.5 Å². The Kier molecular flexibility index (Phi) is 13.8. The molecule has 2 aromatic rings. The van der Waals surface area contributed by atoms with Crippen LogP contribution >= 0.6 is 0 Å². The van der Waals surface area contributed by atoms with Gasteiger partial charge < -0.3 is 45.8 Å². The number of hydrogen-bond acceptors (Lipinski definition) is 8. The molecular weight excluding hydrogens is 664 g/mol. The van der Waals surface area contributed by atoms with Gasteiger partial charge >= 0.3 is 0 Å². The van der Waals surface area contributed by atoms with Crippen molar-refractivity contribution in [2.45, 2.75) is 51.6 Å². The summed E-state index contributed by atoms with van der Waals surface area (Å²) in [7, 11) is 0. The van der Waals surface area contributed by atoms with Crippen LogP contribution in [0.15, 0.2) is 48.5 Å². The quantitative estimate of drug-likeness (QED) is 0.235. The number of carbonyl (C=O) groups excluding carboxylic acids is 5. The Bertz CT molecular complexity index is 1540. The molecule has 5 amide bonds. The average molecular weight is 719 g/mol. The average Bonchev–Trinajstić information content (AvgIpc) is 3.17. The van der Waals surface area contributed by atoms with E-state index >= 15 is 0 Å². The molecule has 14 nitrogen and oxygen atoms in total. The zero-order valence-corrected chi connectivity index (χ0v) is 30.3. The van der Waals surface area contributed by atoms with E-state index in [1.54, 1.807) is 19.6 Å². The molecule has 1 atom stereocenters. The van der Waals surface area contributed by atoms with Crippen molar-refractivity contribution < 1.29 is 28.6 Å². The van der Waals surface area contributed by atoms with Crippen LogP contribution in [0.2, 0.25) is 0 Å². The Hall–Kier alpha value is -4.37. The molecule has 52 heavy (non-hydrogen) atoms. The fraction of sp³-hybridized carbons (Fsp3) is 0.553. The van der Waals surface area contributed by atoms with E-state index in [9.17, 15) is 29.2 Å². The number of piperazine rings is 2. The molecule has 0 aliphatic carbocycles. The molecule has 0 saturated carbocycles. The van der Waals surface area contributed by atoms with Gasteiger partial charge in [0.2, 0.25) is 23.6 Å². The minimum Gasteiger partial charge on any atom is -0.632 e. The number of benzene rings is 2. The maximum absolute atomic E-state index is 13.7. The monoisotopic (exact) mass is 718 g/mol. The van der Waals surface area contributed by atoms with Crippen LogP contribution in [0.3, 0.4) is 0 Å². The molecule has 14 heteroatoms. The molecule has 3 aliphatic heterocycles. The van der Waals surface area contributed by atoms with Gasteiger partial charge in [0.05, 0.1) is 26.1 Å². The standard InChI is InChI=1S/C38H54N8O6/c39-26-32-6-2-30(3-7-32)10-12-34(47)41-16-20-43(21-17-41)37(50)28-45-15-1-24-46(52,25-14-36(45)49)29-38(51)44-22-18-42(19-23-44)35(48)13-11-31-4-8-33(27-40)9-5-31/h2-9H,1,10-29,39-40H2. The summed E-state index contributed by atoms with van der Waals surface area (Å²) < 4.78 is -0.774. The van der Waals surface area contributed by atoms with Gasteiger partial charge in [-0.3, -0.25) is 24.0 Å². The van der Waals surface area contributed by atoms with Gasteiger partial charge in [-0.1, -0.05) is 48.5 Å². The van der Waals surface area contributed by atoms with Gasteiger partial charge in [-0.15, -0.1) is 0 Å². The molecule has 0 spiro atoms. The molecule has 3 fully saturated rings. The van der Waals surface area contributed by atoms with Crippen LogP contribution in [0.1, 0.15) is 47.9 Å². The van der Waals surface area contributed by atoms with Crippen LogP contribution in [0.25, 0.3) is 0 Å². The first-order valence-electron chi connectivity index (χ1n) is 18.6. The summed E-state index contributed by atoms with van der Waals surface area (Å²) in [5.41, 5.74) is 15.6. The first kappa shape index (κ1) is 38.9. The fourth-order valence-electron chi connectivity index (χ4n) is 7.09. The summed E-state index contributed by atoms with van der Waals surface area (Å²) in [6.45, 7) is 4.37. The van der Waals surface area contributed by atoms with E-state index in [4.69, 9.17) is 11.5 Å². The van der Waals surface area contributed by atoms with Crippen LogP contribution in [-0.4, -0.2) is 144 Å². The van der Waals surface area contributed by atoms with E-state index < -0.39 is 4.65 Å². The van der Waals surface area contributed by atoms with Gasteiger partial charge in [0.15, 0.2) is 6.54 Å². The lowest BCUT2D eigenvalue weighted by Crippen LogP contribution is -2.57. The highest BCUT2D eigenvalue weighted by atomic mass is 16.5. The predicted molar refractivity (Wildman–Crippen MR) is 196 cm³/mol. The van der Waals surface area contributed by atoms with Crippen LogP contribution < -0.4 is 11.5 Å². The third kappa shape index (κ3) is 10.8. The minimum atomic E-state index is -0.774. The maximum Gasteiger partial charge on any atom is 0.278 e. The van der Waals surface area contributed by atoms with Gasteiger partial charge in [0, 0.05) is 91.3 Å². The second kappa shape index (κ2) is 18.4. The summed E-state index contributed by atoms with van der Waals surface area (Å²) in [4.78, 5) is 73.5. The van der Waals surface area contributed by atoms with Crippen molar-refractivity contribution in [3.8, 4) is 0 Å². The highest BCUT2D eigenvalue weighted by Gasteiger charge is 2.33. The second-order valence-electron chi connectivity index (χ2n) is 14.1. The third-order valence-electron chi connectivity index (χ3n) is 10.6. The summed E-state index contributed by atoms with van der Waals surface area (Å²) >= 11 is 0. The van der Waals surface area contributed by atoms with Crippen molar-refractivity contribution in [2.24, 2.45) is 11.5 Å². The van der Waals surface area contributed by atoms with Crippen molar-refractivity contribution in [1.82, 2.24) is 24.5 Å². The van der Waals surface area contributed by atoms with Crippen molar-refractivity contribution in [1.29, 1.82) is 0 Å². The molecule has 0 bridgehead atoms. The van der Waals surface area contributed by atoms with E-state index in [0.29, 0.717) is 97.6 Å². The zero-order chi connectivity index (χ0) is 37.1. The number of amides is 5. The molecule has 282 valence electrons. The van der Waals surface area contributed by atoms with Crippen molar-refractivity contribution in [3.05, 3.63) is 76.0 Å². The Balaban J connectivity index is 0.989. The summed E-state index contributed by atoms with van der Waals surface area (Å²) in [6, 6.07) is 15.9. The fourth-order valence-corrected chi connectivity index (χ4v) is 7.09. The number of nitrogens with two attached hydrogens (primary N) is 2. The van der Waals surface area contributed by atoms with Gasteiger partial charge in [-0.2, -0.15) is 0 Å². The highest BCUT2D eigenvalue weighted by molar-refractivity contribution is 5.85. The Morgan fingerprint density at radius 2 is 0.981 bits per heavy atom. The first-order chi connectivity index (χ1) is 25.1. The number of carbonyl (C=O) groups is 5. The van der Waals surface area contributed by atoms with Gasteiger partial charge in [-0.05, 0) is 35.1 Å². The van der Waals surface area contributed by atoms with Crippen molar-refractivity contribution in [3.63, 3.8) is 0 Å². The molecular formula is C38H54N8O6. The number of nitrogens with zero attached hydrogens (tertiary/aromatic N) is 6. The Labute approximate surface area is 306 Å². The molecule has 1 unspecified atom stereocenters. The maximum atomic E-state index is 13.7. The SMILES string of the molecule is NCc1ccc(CCC(=O)N2CCN(C(=O)CN3CCC[N+]([O-])(CC(=O)N4CCN(C(=O)CCc5ccc(CN)cc5)CC4)CCC3=O)CC2)cc1. The number of hydroxylamine groups is 3. The number of hydrogen-bond donors (Lipinski definition) is 2. The van der Waals surface area contributed by atoms with Gasteiger partial charge in [0.25, 0.3) is 5.91 Å². The lowest BCUT2D eigenvalue weighted by Gasteiger charge is -2.45. The van der Waals surface area contributed by atoms with Crippen molar-refractivity contribution >= 4 is 29.5 Å². The van der Waals surface area contributed by atoms with Crippen LogP contribution in [0.5, 0.6) is 0 Å². The topological polar surface area (TPSA) is 177 Å². The minimum absolute atomic E-state index is 0.0298. The largest absolute Gasteiger partial charge is 0.632 e. The van der Waals surface area contributed by atoms with Gasteiger partial charge in [-0.25, -0.2) is 0 Å². The second-order valence-corrected chi connectivity index (χ2v) is 14.1. The van der Waals surface area contributed by atoms with E-state index in [2.05, 4.69) is 0 Å². The Morgan fingerprint density at radius 1 is 0.577 bits per heavy atom. The molecule has 2 aromatic carbocycles. The molecule has 0 radical (unpaired) electrons. The number of rotatable bonds is 12. The van der Waals surface area contributed by atoms with Crippen LogP contribution in [-0.2, 0) is 49.9 Å². The highest BCUT2D eigenvalue weighted by Crippen LogP contribution is 2.17.